The number of ether oxygens (including phenoxy) is 4. The second-order valence-electron chi connectivity index (χ2n) is 9.52. The molecule has 4 amide bonds. The van der Waals surface area contributed by atoms with Gasteiger partial charge in [-0.3, -0.25) is 14.9 Å². The summed E-state index contributed by atoms with van der Waals surface area (Å²) in [5, 5.41) is 4.66. The number of halogens is 2. The fraction of sp³-hybridized carbons (Fsp3) is 0.156. The van der Waals surface area contributed by atoms with E-state index in [2.05, 4.69) is 52.2 Å². The maximum absolute atomic E-state index is 13.6. The van der Waals surface area contributed by atoms with Crippen LogP contribution in [-0.2, 0) is 16.2 Å². The Morgan fingerprint density at radius 3 is 2.35 bits per heavy atom. The molecule has 0 spiro atoms. The first-order valence-corrected chi connectivity index (χ1v) is 14.4. The number of methoxy groups -OCH3 is 3. The van der Waals surface area contributed by atoms with Gasteiger partial charge in [0, 0.05) is 17.7 Å². The first-order valence-electron chi connectivity index (χ1n) is 13.0. The molecule has 0 aliphatic carbocycles. The molecule has 0 saturated carbocycles. The minimum atomic E-state index is -0.936. The van der Waals surface area contributed by atoms with Gasteiger partial charge in [0.1, 0.15) is 23.7 Å². The van der Waals surface area contributed by atoms with Crippen LogP contribution in [0, 0.1) is 10.5 Å². The summed E-state index contributed by atoms with van der Waals surface area (Å²) in [5.41, 5.74) is 2.44. The van der Waals surface area contributed by atoms with Gasteiger partial charge in [0.15, 0.2) is 11.5 Å². The second kappa shape index (κ2) is 12.5. The Balaban J connectivity index is 1.49. The molecule has 1 N–H and O–H groups in total. The van der Waals surface area contributed by atoms with Crippen LogP contribution >= 0.6 is 34.2 Å². The minimum absolute atomic E-state index is 0.0595. The molecule has 0 aromatic heterocycles. The molecule has 1 saturated heterocycles. The number of rotatable bonds is 8. The van der Waals surface area contributed by atoms with Gasteiger partial charge in [0.05, 0.1) is 35.6 Å². The Morgan fingerprint density at radius 2 is 1.63 bits per heavy atom. The van der Waals surface area contributed by atoms with E-state index in [1.807, 2.05) is 19.1 Å². The monoisotopic (exact) mass is 712 g/mol. The fourth-order valence-corrected chi connectivity index (χ4v) is 5.82. The first kappa shape index (κ1) is 30.2. The van der Waals surface area contributed by atoms with E-state index in [0.717, 1.165) is 26.8 Å². The topological polar surface area (TPSA) is 103 Å². The standard InChI is InChI=1S/C32H26ClIN2O7/c1-17-9-10-19-7-5-6-8-20(19)22(17)16-43-29-24(34)12-18(13-28(29)42-4)11-21-30(37)35-32(39)36(31(21)38)25-15-26(40-2)23(33)14-27(25)41-3/h5-15H,16H2,1-4H3,(H,35,37,39)/b21-11+. The van der Waals surface area contributed by atoms with E-state index in [1.165, 1.54) is 39.5 Å². The number of hydrogen-bond acceptors (Lipinski definition) is 7. The Kier molecular flexibility index (Phi) is 8.79. The number of imide groups is 2. The van der Waals surface area contributed by atoms with Crippen molar-refractivity contribution in [2.45, 2.75) is 13.5 Å². The molecule has 43 heavy (non-hydrogen) atoms. The van der Waals surface area contributed by atoms with Crippen LogP contribution in [0.25, 0.3) is 16.8 Å². The first-order chi connectivity index (χ1) is 20.7. The highest BCUT2D eigenvalue weighted by Gasteiger charge is 2.38. The highest BCUT2D eigenvalue weighted by molar-refractivity contribution is 14.1. The molecule has 0 bridgehead atoms. The summed E-state index contributed by atoms with van der Waals surface area (Å²) < 4.78 is 23.2. The number of aryl methyl sites for hydroxylation is 1. The number of anilines is 1. The minimum Gasteiger partial charge on any atom is -0.495 e. The van der Waals surface area contributed by atoms with E-state index in [9.17, 15) is 14.4 Å². The molecular weight excluding hydrogens is 687 g/mol. The number of barbiturate groups is 1. The van der Waals surface area contributed by atoms with Crippen molar-refractivity contribution in [3.8, 4) is 23.0 Å². The normalized spacial score (nSPS) is 14.2. The lowest BCUT2D eigenvalue weighted by atomic mass is 10.0. The lowest BCUT2D eigenvalue weighted by Crippen LogP contribution is -2.54. The summed E-state index contributed by atoms with van der Waals surface area (Å²) in [5.74, 6) is -0.399. The van der Waals surface area contributed by atoms with Crippen molar-refractivity contribution in [3.63, 3.8) is 0 Å². The highest BCUT2D eigenvalue weighted by Crippen LogP contribution is 2.40. The lowest BCUT2D eigenvalue weighted by molar-refractivity contribution is -0.122. The molecule has 5 rings (SSSR count). The zero-order valence-corrected chi connectivity index (χ0v) is 26.5. The van der Waals surface area contributed by atoms with Crippen LogP contribution < -0.4 is 29.2 Å². The van der Waals surface area contributed by atoms with Crippen molar-refractivity contribution < 1.29 is 33.3 Å². The molecule has 0 unspecified atom stereocenters. The third kappa shape index (κ3) is 5.84. The van der Waals surface area contributed by atoms with Crippen molar-refractivity contribution in [2.24, 2.45) is 0 Å². The van der Waals surface area contributed by atoms with Crippen LogP contribution in [0.1, 0.15) is 16.7 Å². The quantitative estimate of drug-likeness (QED) is 0.124. The van der Waals surface area contributed by atoms with Gasteiger partial charge in [-0.2, -0.15) is 0 Å². The number of hydrogen-bond donors (Lipinski definition) is 1. The van der Waals surface area contributed by atoms with Gasteiger partial charge in [-0.15, -0.1) is 0 Å². The molecule has 11 heteroatoms. The average Bonchev–Trinajstić information content (AvgIpc) is 2.99. The van der Waals surface area contributed by atoms with Crippen LogP contribution in [0.4, 0.5) is 10.5 Å². The van der Waals surface area contributed by atoms with Crippen molar-refractivity contribution in [3.05, 3.63) is 91.5 Å². The Labute approximate surface area is 266 Å². The molecule has 220 valence electrons. The van der Waals surface area contributed by atoms with Gasteiger partial charge in [-0.25, -0.2) is 9.69 Å². The second-order valence-corrected chi connectivity index (χ2v) is 11.1. The van der Waals surface area contributed by atoms with E-state index in [-0.39, 0.29) is 27.8 Å². The van der Waals surface area contributed by atoms with Crippen LogP contribution in [0.3, 0.4) is 0 Å². The summed E-state index contributed by atoms with van der Waals surface area (Å²) in [6.45, 7) is 2.35. The summed E-state index contributed by atoms with van der Waals surface area (Å²) >= 11 is 8.32. The summed E-state index contributed by atoms with van der Waals surface area (Å²) in [6.07, 6.45) is 1.39. The van der Waals surface area contributed by atoms with Gasteiger partial charge in [0.25, 0.3) is 11.8 Å². The Hall–Kier alpha value is -4.29. The molecule has 1 aliphatic rings. The zero-order valence-electron chi connectivity index (χ0n) is 23.6. The molecule has 0 atom stereocenters. The molecule has 9 nitrogen and oxygen atoms in total. The maximum atomic E-state index is 13.6. The van der Waals surface area contributed by atoms with Gasteiger partial charge in [-0.05, 0) is 69.6 Å². The predicted octanol–water partition coefficient (Wildman–Crippen LogP) is 6.68. The van der Waals surface area contributed by atoms with E-state index in [0.29, 0.717) is 27.2 Å². The maximum Gasteiger partial charge on any atom is 0.336 e. The van der Waals surface area contributed by atoms with E-state index < -0.39 is 17.8 Å². The Bertz CT molecular complexity index is 1820. The number of carbonyl (C=O) groups excluding carboxylic acids is 3. The molecule has 1 aliphatic heterocycles. The Morgan fingerprint density at radius 1 is 0.907 bits per heavy atom. The van der Waals surface area contributed by atoms with Crippen molar-refractivity contribution in [1.82, 2.24) is 5.32 Å². The third-order valence-corrected chi connectivity index (χ3v) is 8.09. The van der Waals surface area contributed by atoms with Gasteiger partial charge < -0.3 is 18.9 Å². The number of carbonyl (C=O) groups is 3. The van der Waals surface area contributed by atoms with Crippen LogP contribution in [0.2, 0.25) is 5.02 Å². The number of benzene rings is 4. The molecule has 4 aromatic rings. The van der Waals surface area contributed by atoms with Gasteiger partial charge in [-0.1, -0.05) is 48.0 Å². The SMILES string of the molecule is COc1cc(N2C(=O)NC(=O)/C(=C\c3cc(I)c(OCc4c(C)ccc5ccccc45)c(OC)c3)C2=O)c(OC)cc1Cl. The van der Waals surface area contributed by atoms with E-state index in [4.69, 9.17) is 30.5 Å². The van der Waals surface area contributed by atoms with Crippen LogP contribution in [-0.4, -0.2) is 39.2 Å². The molecule has 1 fully saturated rings. The highest BCUT2D eigenvalue weighted by atomic mass is 127. The van der Waals surface area contributed by atoms with E-state index >= 15 is 0 Å². The number of fused-ring (bicyclic) bond motifs is 1. The van der Waals surface area contributed by atoms with Crippen LogP contribution in [0.15, 0.2) is 66.2 Å². The molecule has 0 radical (unpaired) electrons. The van der Waals surface area contributed by atoms with E-state index in [1.54, 1.807) is 12.1 Å². The summed E-state index contributed by atoms with van der Waals surface area (Å²) in [4.78, 5) is 40.1. The third-order valence-electron chi connectivity index (χ3n) is 6.99. The predicted molar refractivity (Wildman–Crippen MR) is 172 cm³/mol. The number of amides is 4. The number of nitrogens with zero attached hydrogens (tertiary/aromatic N) is 1. The largest absolute Gasteiger partial charge is 0.495 e. The fourth-order valence-electron chi connectivity index (χ4n) is 4.81. The molecule has 4 aromatic carbocycles. The average molecular weight is 713 g/mol. The summed E-state index contributed by atoms with van der Waals surface area (Å²) in [6, 6.07) is 17.6. The molecule has 1 heterocycles. The van der Waals surface area contributed by atoms with Crippen LogP contribution in [0.5, 0.6) is 23.0 Å². The smallest absolute Gasteiger partial charge is 0.336 e. The molecular formula is C32H26ClIN2O7. The zero-order chi connectivity index (χ0) is 30.8. The van der Waals surface area contributed by atoms with Crippen molar-refractivity contribution >= 4 is 74.6 Å². The van der Waals surface area contributed by atoms with Crippen molar-refractivity contribution in [2.75, 3.05) is 26.2 Å². The summed E-state index contributed by atoms with van der Waals surface area (Å²) in [7, 11) is 4.28. The lowest BCUT2D eigenvalue weighted by Gasteiger charge is -2.28. The van der Waals surface area contributed by atoms with Gasteiger partial charge in [0.2, 0.25) is 0 Å². The van der Waals surface area contributed by atoms with Crippen molar-refractivity contribution in [1.29, 1.82) is 0 Å². The van der Waals surface area contributed by atoms with Gasteiger partial charge >= 0.3 is 6.03 Å². The number of urea groups is 1. The number of nitrogens with one attached hydrogen (secondary N) is 1.